The number of carbonyl (C=O) groups excluding carboxylic acids is 2. The Balaban J connectivity index is 1.77. The highest BCUT2D eigenvalue weighted by atomic mass is 16.6. The van der Waals surface area contributed by atoms with Gasteiger partial charge in [-0.2, -0.15) is 0 Å². The molecule has 1 amide bonds. The van der Waals surface area contributed by atoms with E-state index >= 15 is 0 Å². The van der Waals surface area contributed by atoms with Gasteiger partial charge in [0.2, 0.25) is 0 Å². The molecule has 2 aliphatic rings. The first kappa shape index (κ1) is 22.7. The zero-order chi connectivity index (χ0) is 23.4. The lowest BCUT2D eigenvalue weighted by Gasteiger charge is -2.25. The number of fused-ring (bicyclic) bond motifs is 1. The molecule has 0 aliphatic carbocycles. The third-order valence-corrected chi connectivity index (χ3v) is 5.61. The normalized spacial score (nSPS) is 19.1. The Kier molecular flexibility index (Phi) is 6.84. The summed E-state index contributed by atoms with van der Waals surface area (Å²) in [6.07, 6.45) is 0.557. The van der Waals surface area contributed by atoms with E-state index in [4.69, 9.17) is 18.9 Å². The number of hydrogen-bond acceptors (Lipinski definition) is 7. The maximum absolute atomic E-state index is 13.1. The van der Waals surface area contributed by atoms with Crippen LogP contribution in [0, 0.1) is 0 Å². The molecule has 0 spiro atoms. The van der Waals surface area contributed by atoms with Crippen LogP contribution in [0.25, 0.3) is 5.76 Å². The van der Waals surface area contributed by atoms with E-state index in [1.807, 2.05) is 19.1 Å². The molecule has 8 heteroatoms. The molecule has 2 aliphatic heterocycles. The van der Waals surface area contributed by atoms with Gasteiger partial charge in [0.05, 0.1) is 18.2 Å². The second-order valence-corrected chi connectivity index (χ2v) is 7.70. The van der Waals surface area contributed by atoms with Crippen molar-refractivity contribution in [2.75, 3.05) is 40.1 Å². The quantitative estimate of drug-likeness (QED) is 0.284. The van der Waals surface area contributed by atoms with E-state index in [2.05, 4.69) is 0 Å². The largest absolute Gasteiger partial charge is 0.507 e. The van der Waals surface area contributed by atoms with E-state index in [9.17, 15) is 14.7 Å². The molecule has 1 atom stereocenters. The van der Waals surface area contributed by atoms with Gasteiger partial charge in [0, 0.05) is 25.8 Å². The molecule has 2 aromatic carbocycles. The van der Waals surface area contributed by atoms with Gasteiger partial charge in [-0.25, -0.2) is 0 Å². The van der Waals surface area contributed by atoms with Crippen molar-refractivity contribution in [2.45, 2.75) is 19.4 Å². The van der Waals surface area contributed by atoms with Gasteiger partial charge < -0.3 is 29.0 Å². The van der Waals surface area contributed by atoms with Crippen molar-refractivity contribution in [2.24, 2.45) is 0 Å². The number of ether oxygens (including phenoxy) is 4. The molecule has 0 saturated carbocycles. The minimum Gasteiger partial charge on any atom is -0.507 e. The average Bonchev–Trinajstić information content (AvgIpc) is 3.09. The number of methoxy groups -OCH3 is 1. The fourth-order valence-electron chi connectivity index (χ4n) is 4.10. The average molecular weight is 453 g/mol. The highest BCUT2D eigenvalue weighted by Crippen LogP contribution is 2.41. The molecule has 1 saturated heterocycles. The molecule has 33 heavy (non-hydrogen) atoms. The number of aliphatic hydroxyl groups is 1. The van der Waals surface area contributed by atoms with Crippen LogP contribution in [-0.2, 0) is 14.3 Å². The van der Waals surface area contributed by atoms with Crippen molar-refractivity contribution < 1.29 is 33.6 Å². The SMILES string of the molecule is CCOc1ccc(C2/C(=C(\O)c3ccc4c(c3)OCCO4)C(=O)C(=O)N2CCCOC)cc1. The number of ketones is 1. The summed E-state index contributed by atoms with van der Waals surface area (Å²) in [4.78, 5) is 27.5. The third-order valence-electron chi connectivity index (χ3n) is 5.61. The Labute approximate surface area is 192 Å². The summed E-state index contributed by atoms with van der Waals surface area (Å²) in [5.41, 5.74) is 1.12. The fourth-order valence-corrected chi connectivity index (χ4v) is 4.10. The van der Waals surface area contributed by atoms with Crippen LogP contribution in [0.2, 0.25) is 0 Å². The molecule has 2 aromatic rings. The Morgan fingerprint density at radius 3 is 2.52 bits per heavy atom. The molecule has 2 heterocycles. The summed E-state index contributed by atoms with van der Waals surface area (Å²) in [7, 11) is 1.58. The minimum atomic E-state index is -0.731. The number of Topliss-reactive ketones (excluding diaryl/α,β-unsaturated/α-hetero) is 1. The molecular formula is C25H27NO7. The third kappa shape index (κ3) is 4.52. The summed E-state index contributed by atoms with van der Waals surface area (Å²) in [6, 6.07) is 11.4. The zero-order valence-corrected chi connectivity index (χ0v) is 18.7. The first-order valence-electron chi connectivity index (χ1n) is 10.9. The van der Waals surface area contributed by atoms with Gasteiger partial charge in [-0.15, -0.1) is 0 Å². The lowest BCUT2D eigenvalue weighted by atomic mass is 9.95. The van der Waals surface area contributed by atoms with E-state index in [0.717, 1.165) is 0 Å². The second kappa shape index (κ2) is 9.95. The van der Waals surface area contributed by atoms with Crippen LogP contribution >= 0.6 is 0 Å². The van der Waals surface area contributed by atoms with E-state index in [-0.39, 0.29) is 11.3 Å². The Morgan fingerprint density at radius 2 is 1.82 bits per heavy atom. The Bertz CT molecular complexity index is 1060. The summed E-state index contributed by atoms with van der Waals surface area (Å²) >= 11 is 0. The van der Waals surface area contributed by atoms with Gasteiger partial charge in [-0.3, -0.25) is 9.59 Å². The maximum atomic E-state index is 13.1. The number of carbonyl (C=O) groups is 2. The molecule has 1 fully saturated rings. The fraction of sp³-hybridized carbons (Fsp3) is 0.360. The van der Waals surface area contributed by atoms with Gasteiger partial charge >= 0.3 is 0 Å². The molecule has 1 unspecified atom stereocenters. The van der Waals surface area contributed by atoms with E-state index < -0.39 is 17.7 Å². The highest BCUT2D eigenvalue weighted by molar-refractivity contribution is 6.46. The molecule has 174 valence electrons. The molecule has 4 rings (SSSR count). The van der Waals surface area contributed by atoms with Crippen molar-refractivity contribution in [3.63, 3.8) is 0 Å². The van der Waals surface area contributed by atoms with Crippen molar-refractivity contribution in [3.05, 3.63) is 59.2 Å². The monoisotopic (exact) mass is 453 g/mol. The number of rotatable bonds is 8. The zero-order valence-electron chi connectivity index (χ0n) is 18.7. The molecule has 0 bridgehead atoms. The summed E-state index contributed by atoms with van der Waals surface area (Å²) in [5.74, 6) is 0.115. The predicted molar refractivity (Wildman–Crippen MR) is 121 cm³/mol. The van der Waals surface area contributed by atoms with Crippen LogP contribution in [0.3, 0.4) is 0 Å². The minimum absolute atomic E-state index is 0.0401. The predicted octanol–water partition coefficient (Wildman–Crippen LogP) is 3.31. The lowest BCUT2D eigenvalue weighted by Crippen LogP contribution is -2.31. The first-order chi connectivity index (χ1) is 16.0. The standard InChI is InChI=1S/C25H27NO7/c1-3-31-18-8-5-16(6-9-18)22-21(24(28)25(29)26(22)11-4-12-30-2)23(27)17-7-10-19-20(15-17)33-14-13-32-19/h5-10,15,22,27H,3-4,11-14H2,1-2H3/b23-21+. The summed E-state index contributed by atoms with van der Waals surface area (Å²) in [5, 5.41) is 11.2. The van der Waals surface area contributed by atoms with E-state index in [1.165, 1.54) is 4.90 Å². The van der Waals surface area contributed by atoms with Crippen LogP contribution in [0.5, 0.6) is 17.2 Å². The number of amides is 1. The summed E-state index contributed by atoms with van der Waals surface area (Å²) < 4.78 is 21.8. The summed E-state index contributed by atoms with van der Waals surface area (Å²) in [6.45, 7) is 4.02. The van der Waals surface area contributed by atoms with Crippen LogP contribution in [-0.4, -0.2) is 61.8 Å². The van der Waals surface area contributed by atoms with Gasteiger partial charge in [-0.05, 0) is 49.2 Å². The van der Waals surface area contributed by atoms with Crippen molar-refractivity contribution in [1.29, 1.82) is 0 Å². The molecule has 0 radical (unpaired) electrons. The number of likely N-dealkylation sites (tertiary alicyclic amines) is 1. The molecular weight excluding hydrogens is 426 g/mol. The van der Waals surface area contributed by atoms with Gasteiger partial charge in [0.15, 0.2) is 11.5 Å². The first-order valence-corrected chi connectivity index (χ1v) is 10.9. The molecule has 8 nitrogen and oxygen atoms in total. The molecule has 0 aromatic heterocycles. The van der Waals surface area contributed by atoms with Crippen molar-refractivity contribution in [3.8, 4) is 17.2 Å². The highest BCUT2D eigenvalue weighted by Gasteiger charge is 2.45. The smallest absolute Gasteiger partial charge is 0.295 e. The van der Waals surface area contributed by atoms with Gasteiger partial charge in [-0.1, -0.05) is 12.1 Å². The van der Waals surface area contributed by atoms with E-state index in [1.54, 1.807) is 37.4 Å². The van der Waals surface area contributed by atoms with E-state index in [0.29, 0.717) is 67.8 Å². The Hall–Kier alpha value is -3.52. The number of benzene rings is 2. The van der Waals surface area contributed by atoms with Crippen LogP contribution in [0.15, 0.2) is 48.0 Å². The van der Waals surface area contributed by atoms with Crippen molar-refractivity contribution >= 4 is 17.4 Å². The van der Waals surface area contributed by atoms with Crippen LogP contribution in [0.4, 0.5) is 0 Å². The topological polar surface area (TPSA) is 94.5 Å². The number of hydrogen-bond donors (Lipinski definition) is 1. The van der Waals surface area contributed by atoms with Gasteiger partial charge in [0.1, 0.15) is 24.7 Å². The lowest BCUT2D eigenvalue weighted by molar-refractivity contribution is -0.140. The Morgan fingerprint density at radius 1 is 1.09 bits per heavy atom. The van der Waals surface area contributed by atoms with Crippen LogP contribution in [0.1, 0.15) is 30.5 Å². The molecule has 1 N–H and O–H groups in total. The number of aliphatic hydroxyl groups excluding tert-OH is 1. The second-order valence-electron chi connectivity index (χ2n) is 7.70. The maximum Gasteiger partial charge on any atom is 0.295 e. The van der Waals surface area contributed by atoms with Crippen molar-refractivity contribution in [1.82, 2.24) is 4.90 Å². The van der Waals surface area contributed by atoms with Gasteiger partial charge in [0.25, 0.3) is 11.7 Å². The number of nitrogens with zero attached hydrogens (tertiary/aromatic N) is 1. The van der Waals surface area contributed by atoms with Crippen LogP contribution < -0.4 is 14.2 Å².